The summed E-state index contributed by atoms with van der Waals surface area (Å²) in [5.41, 5.74) is 3.35. The summed E-state index contributed by atoms with van der Waals surface area (Å²) >= 11 is 3.51. The lowest BCUT2D eigenvalue weighted by Gasteiger charge is -2.11. The summed E-state index contributed by atoms with van der Waals surface area (Å²) in [5.74, 6) is 3.85. The maximum atomic E-state index is 10.8. The number of hydrogen-bond donors (Lipinski definition) is 3. The Hall–Kier alpha value is -2.20. The van der Waals surface area contributed by atoms with Crippen LogP contribution in [0.4, 0.5) is 0 Å². The third kappa shape index (κ3) is 8.83. The number of aromatic nitrogens is 3. The predicted molar refractivity (Wildman–Crippen MR) is 111 cm³/mol. The Morgan fingerprint density at radius 1 is 1.22 bits per heavy atom. The minimum atomic E-state index is -0.445. The summed E-state index contributed by atoms with van der Waals surface area (Å²) < 4.78 is 0. The van der Waals surface area contributed by atoms with Gasteiger partial charge in [0.05, 0.1) is 16.9 Å². The minimum Gasteiger partial charge on any atom is -0.366 e. The van der Waals surface area contributed by atoms with Gasteiger partial charge in [-0.05, 0) is 24.6 Å². The highest BCUT2D eigenvalue weighted by Crippen LogP contribution is 2.12. The van der Waals surface area contributed by atoms with Crippen LogP contribution in [0, 0.1) is 17.0 Å². The van der Waals surface area contributed by atoms with E-state index in [1.54, 1.807) is 42.2 Å². The molecule has 8 nitrogen and oxygen atoms in total. The van der Waals surface area contributed by atoms with E-state index in [9.17, 15) is 10.1 Å². The lowest BCUT2D eigenvalue weighted by atomic mass is 10.3. The maximum Gasteiger partial charge on any atom is 0.274 e. The van der Waals surface area contributed by atoms with E-state index in [4.69, 9.17) is 0 Å². The zero-order valence-electron chi connectivity index (χ0n) is 15.2. The quantitative estimate of drug-likeness (QED) is 0.264. The molecule has 0 saturated heterocycles. The summed E-state index contributed by atoms with van der Waals surface area (Å²) in [5, 5.41) is 17.0. The van der Waals surface area contributed by atoms with Crippen LogP contribution in [-0.4, -0.2) is 44.5 Å². The molecule has 2 heterocycles. The van der Waals surface area contributed by atoms with Crippen LogP contribution in [0.25, 0.3) is 0 Å². The predicted octanol–water partition coefficient (Wildman–Crippen LogP) is 2.53. The van der Waals surface area contributed by atoms with Crippen molar-refractivity contribution in [1.29, 1.82) is 0 Å². The van der Waals surface area contributed by atoms with Crippen LogP contribution >= 0.6 is 23.5 Å². The van der Waals surface area contributed by atoms with Crippen LogP contribution in [0.15, 0.2) is 42.9 Å². The largest absolute Gasteiger partial charge is 0.366 e. The SMILES string of the molecule is Cc1[nH]cnc1CSCCNC(=C[N+](=O)[O-])NCCSCc1ccncc1. The molecular weight excluding hydrogens is 384 g/mol. The average molecular weight is 409 g/mol. The molecule has 0 fully saturated rings. The van der Waals surface area contributed by atoms with Gasteiger partial charge in [-0.25, -0.2) is 4.98 Å². The molecule has 27 heavy (non-hydrogen) atoms. The fraction of sp³-hybridized carbons (Fsp3) is 0.412. The van der Waals surface area contributed by atoms with Crippen molar-refractivity contribution in [1.82, 2.24) is 25.6 Å². The molecule has 2 aromatic rings. The van der Waals surface area contributed by atoms with Gasteiger partial charge in [0.15, 0.2) is 5.82 Å². The monoisotopic (exact) mass is 408 g/mol. The molecule has 2 rings (SSSR count). The summed E-state index contributed by atoms with van der Waals surface area (Å²) in [6.45, 7) is 3.29. The molecular formula is C17H24N6O2S2. The van der Waals surface area contributed by atoms with Gasteiger partial charge in [-0.1, -0.05) is 0 Å². The standard InChI is InChI=1S/C17H24N6O2S2/c1-14-16(22-13-21-14)12-27-9-7-20-17(10-23(24)25)19-6-8-26-11-15-2-4-18-5-3-15/h2-5,10,13,19-20H,6-9,11-12H2,1H3,(H,21,22). The number of imidazole rings is 1. The molecule has 0 saturated carbocycles. The van der Waals surface area contributed by atoms with Gasteiger partial charge >= 0.3 is 0 Å². The Bertz CT molecular complexity index is 723. The van der Waals surface area contributed by atoms with E-state index in [0.717, 1.165) is 40.6 Å². The highest BCUT2D eigenvalue weighted by molar-refractivity contribution is 7.98. The summed E-state index contributed by atoms with van der Waals surface area (Å²) in [4.78, 5) is 21.6. The maximum absolute atomic E-state index is 10.8. The highest BCUT2D eigenvalue weighted by atomic mass is 32.2. The van der Waals surface area contributed by atoms with Gasteiger partial charge in [0.25, 0.3) is 6.20 Å². The number of nitrogens with one attached hydrogen (secondary N) is 3. The third-order valence-corrected chi connectivity index (χ3v) is 5.55. The molecule has 0 radical (unpaired) electrons. The van der Waals surface area contributed by atoms with E-state index >= 15 is 0 Å². The topological polar surface area (TPSA) is 109 Å². The number of hydrogen-bond acceptors (Lipinski definition) is 8. The molecule has 3 N–H and O–H groups in total. The van der Waals surface area contributed by atoms with Crippen LogP contribution in [0.5, 0.6) is 0 Å². The zero-order valence-corrected chi connectivity index (χ0v) is 16.8. The molecule has 0 unspecified atom stereocenters. The zero-order chi connectivity index (χ0) is 19.3. The first-order valence-corrected chi connectivity index (χ1v) is 10.8. The van der Waals surface area contributed by atoms with Crippen LogP contribution in [-0.2, 0) is 11.5 Å². The van der Waals surface area contributed by atoms with Crippen molar-refractivity contribution in [3.05, 3.63) is 69.9 Å². The van der Waals surface area contributed by atoms with Crippen LogP contribution in [0.1, 0.15) is 17.0 Å². The Kier molecular flexibility index (Phi) is 9.56. The van der Waals surface area contributed by atoms with Gasteiger partial charge in [-0.3, -0.25) is 15.1 Å². The summed E-state index contributed by atoms with van der Waals surface area (Å²) in [7, 11) is 0. The Labute approximate surface area is 167 Å². The van der Waals surface area contributed by atoms with Crippen LogP contribution in [0.2, 0.25) is 0 Å². The fourth-order valence-electron chi connectivity index (χ4n) is 2.15. The van der Waals surface area contributed by atoms with Crippen LogP contribution in [0.3, 0.4) is 0 Å². The minimum absolute atomic E-state index is 0.445. The number of H-pyrrole nitrogens is 1. The van der Waals surface area contributed by atoms with Crippen molar-refractivity contribution in [3.63, 3.8) is 0 Å². The fourth-order valence-corrected chi connectivity index (χ4v) is 3.84. The van der Waals surface area contributed by atoms with Crippen molar-refractivity contribution in [3.8, 4) is 0 Å². The molecule has 0 spiro atoms. The number of aromatic amines is 1. The second kappa shape index (κ2) is 12.2. The van der Waals surface area contributed by atoms with Gasteiger partial charge in [0, 0.05) is 54.2 Å². The van der Waals surface area contributed by atoms with E-state index in [1.165, 1.54) is 5.56 Å². The van der Waals surface area contributed by atoms with Crippen molar-refractivity contribution < 1.29 is 4.92 Å². The number of pyridine rings is 1. The van der Waals surface area contributed by atoms with Gasteiger partial charge < -0.3 is 15.6 Å². The van der Waals surface area contributed by atoms with Crippen molar-refractivity contribution >= 4 is 23.5 Å². The summed E-state index contributed by atoms with van der Waals surface area (Å²) in [6.07, 6.45) is 6.23. The molecule has 0 aliphatic heterocycles. The number of aryl methyl sites for hydroxylation is 1. The second-order valence-electron chi connectivity index (χ2n) is 5.62. The second-order valence-corrected chi connectivity index (χ2v) is 7.83. The molecule has 0 bridgehead atoms. The molecule has 2 aromatic heterocycles. The number of rotatable bonds is 13. The molecule has 0 atom stereocenters. The van der Waals surface area contributed by atoms with E-state index in [1.807, 2.05) is 19.1 Å². The van der Waals surface area contributed by atoms with Gasteiger partial charge in [0.2, 0.25) is 0 Å². The molecule has 0 aromatic carbocycles. The first-order chi connectivity index (χ1) is 13.1. The molecule has 146 valence electrons. The highest BCUT2D eigenvalue weighted by Gasteiger charge is 2.04. The van der Waals surface area contributed by atoms with Gasteiger partial charge in [0.1, 0.15) is 0 Å². The molecule has 10 heteroatoms. The summed E-state index contributed by atoms with van der Waals surface area (Å²) in [6, 6.07) is 3.98. The van der Waals surface area contributed by atoms with Gasteiger partial charge in [-0.15, -0.1) is 0 Å². The van der Waals surface area contributed by atoms with E-state index < -0.39 is 4.92 Å². The first-order valence-electron chi connectivity index (χ1n) is 8.51. The lowest BCUT2D eigenvalue weighted by Crippen LogP contribution is -2.30. The molecule has 0 aliphatic rings. The molecule has 0 amide bonds. The van der Waals surface area contributed by atoms with Crippen molar-refractivity contribution in [2.75, 3.05) is 24.6 Å². The van der Waals surface area contributed by atoms with Crippen molar-refractivity contribution in [2.45, 2.75) is 18.4 Å². The van der Waals surface area contributed by atoms with E-state index in [0.29, 0.717) is 18.9 Å². The molecule has 0 aliphatic carbocycles. The average Bonchev–Trinajstić information content (AvgIpc) is 3.06. The smallest absolute Gasteiger partial charge is 0.274 e. The number of thioether (sulfide) groups is 2. The Morgan fingerprint density at radius 3 is 2.48 bits per heavy atom. The van der Waals surface area contributed by atoms with Crippen LogP contribution < -0.4 is 10.6 Å². The lowest BCUT2D eigenvalue weighted by molar-refractivity contribution is -0.404. The van der Waals surface area contributed by atoms with Crippen molar-refractivity contribution in [2.24, 2.45) is 0 Å². The normalized spacial score (nSPS) is 11.4. The Morgan fingerprint density at radius 2 is 1.89 bits per heavy atom. The van der Waals surface area contributed by atoms with E-state index in [-0.39, 0.29) is 0 Å². The van der Waals surface area contributed by atoms with E-state index in [2.05, 4.69) is 25.6 Å². The number of nitrogens with zero attached hydrogens (tertiary/aromatic N) is 3. The third-order valence-electron chi connectivity index (χ3n) is 3.55. The Balaban J connectivity index is 1.61. The number of nitro groups is 1. The van der Waals surface area contributed by atoms with Gasteiger partial charge in [-0.2, -0.15) is 23.5 Å². The first kappa shape index (κ1) is 21.1.